The lowest BCUT2D eigenvalue weighted by atomic mass is 10.1. The van der Waals surface area contributed by atoms with Crippen LogP contribution in [0.3, 0.4) is 0 Å². The Morgan fingerprint density at radius 1 is 1.28 bits per heavy atom. The van der Waals surface area contributed by atoms with E-state index < -0.39 is 0 Å². The van der Waals surface area contributed by atoms with Crippen LogP contribution in [0, 0.1) is 5.92 Å². The zero-order valence-electron chi connectivity index (χ0n) is 11.7. The molecule has 102 valence electrons. The minimum atomic E-state index is 0.295. The number of hydrogen-bond donors (Lipinski definition) is 2. The van der Waals surface area contributed by atoms with E-state index in [4.69, 9.17) is 4.74 Å². The molecule has 18 heavy (non-hydrogen) atoms. The minimum Gasteiger partial charge on any atom is -0.507 e. The molecule has 0 unspecified atom stereocenters. The molecule has 0 amide bonds. The number of unbranched alkanes of at least 4 members (excludes halogenated alkanes) is 1. The van der Waals surface area contributed by atoms with Crippen molar-refractivity contribution in [3.8, 4) is 11.5 Å². The lowest BCUT2D eigenvalue weighted by Crippen LogP contribution is -2.14. The van der Waals surface area contributed by atoms with E-state index >= 15 is 0 Å². The lowest BCUT2D eigenvalue weighted by Gasteiger charge is -2.09. The molecule has 1 aromatic rings. The van der Waals surface area contributed by atoms with E-state index in [1.807, 2.05) is 12.1 Å². The molecule has 0 aliphatic carbocycles. The standard InChI is InChI=1S/C15H25NO2/c1-12(2)6-4-5-9-16-11-13-7-8-14(18-3)10-15(13)17/h7-8,10,12,16-17H,4-6,9,11H2,1-3H3. The number of phenols is 1. The van der Waals surface area contributed by atoms with Crippen molar-refractivity contribution in [1.29, 1.82) is 0 Å². The predicted molar refractivity (Wildman–Crippen MR) is 75.1 cm³/mol. The number of aromatic hydroxyl groups is 1. The molecule has 1 aromatic carbocycles. The molecule has 2 N–H and O–H groups in total. The Morgan fingerprint density at radius 3 is 2.67 bits per heavy atom. The second-order valence-corrected chi connectivity index (χ2v) is 5.06. The van der Waals surface area contributed by atoms with E-state index in [-0.39, 0.29) is 0 Å². The highest BCUT2D eigenvalue weighted by atomic mass is 16.5. The maximum absolute atomic E-state index is 9.78. The molecular weight excluding hydrogens is 226 g/mol. The van der Waals surface area contributed by atoms with Crippen LogP contribution in [0.5, 0.6) is 11.5 Å². The molecule has 0 saturated heterocycles. The van der Waals surface area contributed by atoms with Crippen molar-refractivity contribution in [2.24, 2.45) is 5.92 Å². The smallest absolute Gasteiger partial charge is 0.123 e. The van der Waals surface area contributed by atoms with Gasteiger partial charge in [0, 0.05) is 18.2 Å². The van der Waals surface area contributed by atoms with Crippen LogP contribution in [0.1, 0.15) is 38.7 Å². The normalized spacial score (nSPS) is 10.9. The third-order valence-corrected chi connectivity index (χ3v) is 2.99. The summed E-state index contributed by atoms with van der Waals surface area (Å²) >= 11 is 0. The Bertz CT molecular complexity index is 350. The van der Waals surface area contributed by atoms with Crippen molar-refractivity contribution in [2.45, 2.75) is 39.7 Å². The summed E-state index contributed by atoms with van der Waals surface area (Å²) in [4.78, 5) is 0. The molecule has 0 bridgehead atoms. The van der Waals surface area contributed by atoms with Gasteiger partial charge < -0.3 is 15.2 Å². The molecule has 0 spiro atoms. The second-order valence-electron chi connectivity index (χ2n) is 5.06. The fraction of sp³-hybridized carbons (Fsp3) is 0.600. The van der Waals surface area contributed by atoms with Crippen molar-refractivity contribution < 1.29 is 9.84 Å². The number of hydrogen-bond acceptors (Lipinski definition) is 3. The lowest BCUT2D eigenvalue weighted by molar-refractivity contribution is 0.405. The van der Waals surface area contributed by atoms with Gasteiger partial charge in [0.05, 0.1) is 7.11 Å². The predicted octanol–water partition coefficient (Wildman–Crippen LogP) is 3.32. The zero-order chi connectivity index (χ0) is 13.4. The van der Waals surface area contributed by atoms with Crippen molar-refractivity contribution in [2.75, 3.05) is 13.7 Å². The maximum Gasteiger partial charge on any atom is 0.123 e. The fourth-order valence-electron chi connectivity index (χ4n) is 1.85. The highest BCUT2D eigenvalue weighted by Gasteiger charge is 2.02. The van der Waals surface area contributed by atoms with Gasteiger partial charge in [-0.25, -0.2) is 0 Å². The molecule has 0 atom stereocenters. The van der Waals surface area contributed by atoms with Crippen LogP contribution < -0.4 is 10.1 Å². The molecule has 0 aliphatic rings. The molecule has 0 aliphatic heterocycles. The molecule has 0 aromatic heterocycles. The van der Waals surface area contributed by atoms with Gasteiger partial charge in [0.1, 0.15) is 11.5 Å². The van der Waals surface area contributed by atoms with Crippen molar-refractivity contribution >= 4 is 0 Å². The molecule has 3 nitrogen and oxygen atoms in total. The number of phenolic OH excluding ortho intramolecular Hbond substituents is 1. The summed E-state index contributed by atoms with van der Waals surface area (Å²) in [5.74, 6) is 1.77. The Morgan fingerprint density at radius 2 is 2.06 bits per heavy atom. The van der Waals surface area contributed by atoms with Crippen LogP contribution in [-0.4, -0.2) is 18.8 Å². The van der Waals surface area contributed by atoms with Crippen LogP contribution >= 0.6 is 0 Å². The van der Waals surface area contributed by atoms with Crippen molar-refractivity contribution in [1.82, 2.24) is 5.32 Å². The first-order valence-electron chi connectivity index (χ1n) is 6.70. The molecule has 3 heteroatoms. The topological polar surface area (TPSA) is 41.5 Å². The second kappa shape index (κ2) is 7.98. The quantitative estimate of drug-likeness (QED) is 0.696. The van der Waals surface area contributed by atoms with Gasteiger partial charge in [0.2, 0.25) is 0 Å². The van der Waals surface area contributed by atoms with Crippen LogP contribution in [0.15, 0.2) is 18.2 Å². The maximum atomic E-state index is 9.78. The SMILES string of the molecule is COc1ccc(CNCCCCC(C)C)c(O)c1. The molecular formula is C15H25NO2. The van der Waals surface area contributed by atoms with E-state index in [0.717, 1.165) is 18.0 Å². The van der Waals surface area contributed by atoms with Gasteiger partial charge in [-0.2, -0.15) is 0 Å². The summed E-state index contributed by atoms with van der Waals surface area (Å²) in [5, 5.41) is 13.1. The van der Waals surface area contributed by atoms with Gasteiger partial charge in [-0.3, -0.25) is 0 Å². The Balaban J connectivity index is 2.23. The summed E-state index contributed by atoms with van der Waals surface area (Å²) < 4.78 is 5.05. The van der Waals surface area contributed by atoms with E-state index in [1.165, 1.54) is 19.3 Å². The van der Waals surface area contributed by atoms with Gasteiger partial charge in [0.15, 0.2) is 0 Å². The number of nitrogens with one attached hydrogen (secondary N) is 1. The first-order valence-corrected chi connectivity index (χ1v) is 6.70. The van der Waals surface area contributed by atoms with E-state index in [1.54, 1.807) is 13.2 Å². The van der Waals surface area contributed by atoms with Crippen LogP contribution in [0.2, 0.25) is 0 Å². The van der Waals surface area contributed by atoms with Gasteiger partial charge in [-0.05, 0) is 24.9 Å². The van der Waals surface area contributed by atoms with Crippen molar-refractivity contribution in [3.05, 3.63) is 23.8 Å². The number of ether oxygens (including phenoxy) is 1. The Kier molecular flexibility index (Phi) is 6.58. The summed E-state index contributed by atoms with van der Waals surface area (Å²) in [7, 11) is 1.60. The van der Waals surface area contributed by atoms with Crippen LogP contribution in [-0.2, 0) is 6.54 Å². The average Bonchev–Trinajstić information content (AvgIpc) is 2.34. The summed E-state index contributed by atoms with van der Waals surface area (Å²) in [6, 6.07) is 5.42. The summed E-state index contributed by atoms with van der Waals surface area (Å²) in [6.07, 6.45) is 3.74. The third-order valence-electron chi connectivity index (χ3n) is 2.99. The van der Waals surface area contributed by atoms with Gasteiger partial charge in [-0.15, -0.1) is 0 Å². The molecule has 0 saturated carbocycles. The monoisotopic (exact) mass is 251 g/mol. The summed E-state index contributed by atoms with van der Waals surface area (Å²) in [5.41, 5.74) is 0.916. The van der Waals surface area contributed by atoms with Crippen LogP contribution in [0.25, 0.3) is 0 Å². The van der Waals surface area contributed by atoms with Crippen LogP contribution in [0.4, 0.5) is 0 Å². The Hall–Kier alpha value is -1.22. The highest BCUT2D eigenvalue weighted by molar-refractivity contribution is 5.39. The third kappa shape index (κ3) is 5.41. The van der Waals surface area contributed by atoms with E-state index in [2.05, 4.69) is 19.2 Å². The molecule has 0 radical (unpaired) electrons. The summed E-state index contributed by atoms with van der Waals surface area (Å²) in [6.45, 7) is 6.21. The average molecular weight is 251 g/mol. The zero-order valence-corrected chi connectivity index (χ0v) is 11.7. The highest BCUT2D eigenvalue weighted by Crippen LogP contribution is 2.23. The van der Waals surface area contributed by atoms with Gasteiger partial charge >= 0.3 is 0 Å². The first-order chi connectivity index (χ1) is 8.63. The number of benzene rings is 1. The Labute approximate surface area is 110 Å². The fourth-order valence-corrected chi connectivity index (χ4v) is 1.85. The number of methoxy groups -OCH3 is 1. The van der Waals surface area contributed by atoms with Gasteiger partial charge in [0.25, 0.3) is 0 Å². The minimum absolute atomic E-state index is 0.295. The van der Waals surface area contributed by atoms with Crippen molar-refractivity contribution in [3.63, 3.8) is 0 Å². The van der Waals surface area contributed by atoms with Gasteiger partial charge in [-0.1, -0.05) is 32.8 Å². The molecule has 1 rings (SSSR count). The first kappa shape index (κ1) is 14.8. The molecule has 0 heterocycles. The largest absolute Gasteiger partial charge is 0.507 e. The molecule has 0 fully saturated rings. The van der Waals surface area contributed by atoms with E-state index in [0.29, 0.717) is 18.0 Å². The number of rotatable bonds is 8. The van der Waals surface area contributed by atoms with E-state index in [9.17, 15) is 5.11 Å².